The SMILES string of the molecule is CC(C)CN(C[C@H](O)[C@H](Cc1ccc(OCc2ccccc2CS(=O)(=O)c2ccccc2)cc1)NC(=O)O)S(=O)(=O)c1ccc2c(c1)OCO2. The van der Waals surface area contributed by atoms with Gasteiger partial charge in [-0.15, -0.1) is 0 Å². The van der Waals surface area contributed by atoms with E-state index in [0.717, 1.165) is 4.31 Å². The molecule has 0 bridgehead atoms. The van der Waals surface area contributed by atoms with Gasteiger partial charge in [0.2, 0.25) is 16.8 Å². The van der Waals surface area contributed by atoms with Gasteiger partial charge in [-0.05, 0) is 65.4 Å². The summed E-state index contributed by atoms with van der Waals surface area (Å²) in [6.45, 7) is 3.51. The fourth-order valence-electron chi connectivity index (χ4n) is 5.53. The zero-order valence-electron chi connectivity index (χ0n) is 27.6. The summed E-state index contributed by atoms with van der Waals surface area (Å²) in [5, 5.41) is 23.2. The summed E-state index contributed by atoms with van der Waals surface area (Å²) < 4.78 is 71.1. The highest BCUT2D eigenvalue weighted by molar-refractivity contribution is 7.90. The lowest BCUT2D eigenvalue weighted by atomic mass is 10.0. The predicted octanol–water partition coefficient (Wildman–Crippen LogP) is 4.85. The molecule has 0 unspecified atom stereocenters. The molecule has 2 atom stereocenters. The molecule has 0 aliphatic carbocycles. The summed E-state index contributed by atoms with van der Waals surface area (Å²) in [6.07, 6.45) is -2.70. The molecule has 4 aromatic rings. The number of aliphatic hydroxyl groups is 1. The van der Waals surface area contributed by atoms with E-state index in [1.807, 2.05) is 26.0 Å². The summed E-state index contributed by atoms with van der Waals surface area (Å²) >= 11 is 0. The van der Waals surface area contributed by atoms with Crippen LogP contribution >= 0.6 is 0 Å². The Balaban J connectivity index is 1.25. The first-order chi connectivity index (χ1) is 23.8. The number of sulfonamides is 1. The number of carboxylic acid groups (broad SMARTS) is 1. The third kappa shape index (κ3) is 9.33. The van der Waals surface area contributed by atoms with Crippen molar-refractivity contribution in [3.05, 3.63) is 114 Å². The van der Waals surface area contributed by atoms with Gasteiger partial charge in [0.15, 0.2) is 21.3 Å². The molecule has 12 nitrogen and oxygen atoms in total. The van der Waals surface area contributed by atoms with Gasteiger partial charge in [-0.25, -0.2) is 21.6 Å². The molecule has 0 aromatic heterocycles. The van der Waals surface area contributed by atoms with E-state index in [2.05, 4.69) is 5.32 Å². The molecule has 0 radical (unpaired) electrons. The van der Waals surface area contributed by atoms with Crippen LogP contribution in [0.15, 0.2) is 107 Å². The first-order valence-corrected chi connectivity index (χ1v) is 19.0. The van der Waals surface area contributed by atoms with Crippen LogP contribution in [0.25, 0.3) is 0 Å². The van der Waals surface area contributed by atoms with Crippen LogP contribution < -0.4 is 19.5 Å². The average molecular weight is 725 g/mol. The van der Waals surface area contributed by atoms with E-state index in [-0.39, 0.29) is 54.4 Å². The first-order valence-electron chi connectivity index (χ1n) is 16.0. The summed E-state index contributed by atoms with van der Waals surface area (Å²) in [5.41, 5.74) is 2.00. The number of fused-ring (bicyclic) bond motifs is 1. The molecule has 50 heavy (non-hydrogen) atoms. The van der Waals surface area contributed by atoms with Gasteiger partial charge in [0, 0.05) is 19.2 Å². The van der Waals surface area contributed by atoms with Crippen LogP contribution in [0.1, 0.15) is 30.5 Å². The zero-order valence-corrected chi connectivity index (χ0v) is 29.3. The Kier molecular flexibility index (Phi) is 11.7. The van der Waals surface area contributed by atoms with E-state index in [1.165, 1.54) is 18.2 Å². The Morgan fingerprint density at radius 2 is 1.50 bits per heavy atom. The number of carbonyl (C=O) groups is 1. The van der Waals surface area contributed by atoms with Gasteiger partial charge in [0.05, 0.1) is 27.7 Å². The van der Waals surface area contributed by atoms with Gasteiger partial charge in [-0.3, -0.25) is 0 Å². The van der Waals surface area contributed by atoms with Crippen molar-refractivity contribution in [2.24, 2.45) is 5.92 Å². The molecular weight excluding hydrogens is 685 g/mol. The van der Waals surface area contributed by atoms with Crippen molar-refractivity contribution in [3.8, 4) is 17.2 Å². The van der Waals surface area contributed by atoms with E-state index < -0.39 is 38.1 Å². The number of nitrogens with one attached hydrogen (secondary N) is 1. The second kappa shape index (κ2) is 15.9. The number of benzene rings is 4. The molecule has 0 saturated carbocycles. The Morgan fingerprint density at radius 3 is 2.18 bits per heavy atom. The molecule has 0 saturated heterocycles. The Hall–Kier alpha value is -4.63. The molecule has 1 aliphatic rings. The smallest absolute Gasteiger partial charge is 0.404 e. The molecule has 5 rings (SSSR count). The lowest BCUT2D eigenvalue weighted by molar-refractivity contribution is 0.0980. The van der Waals surface area contributed by atoms with Gasteiger partial charge in [0.25, 0.3) is 0 Å². The monoisotopic (exact) mass is 724 g/mol. The number of nitrogens with zero attached hydrogens (tertiary/aromatic N) is 1. The summed E-state index contributed by atoms with van der Waals surface area (Å²) in [5.74, 6) is 0.956. The topological polar surface area (TPSA) is 169 Å². The van der Waals surface area contributed by atoms with Crippen LogP contribution in [0.5, 0.6) is 17.2 Å². The molecular formula is C36H40N2O10S2. The van der Waals surface area contributed by atoms with Crippen LogP contribution in [0.4, 0.5) is 4.79 Å². The van der Waals surface area contributed by atoms with Crippen molar-refractivity contribution >= 4 is 26.0 Å². The number of aliphatic hydroxyl groups excluding tert-OH is 1. The molecule has 4 aromatic carbocycles. The third-order valence-electron chi connectivity index (χ3n) is 8.05. The van der Waals surface area contributed by atoms with Crippen LogP contribution in [-0.2, 0) is 38.6 Å². The molecule has 1 aliphatic heterocycles. The van der Waals surface area contributed by atoms with E-state index in [0.29, 0.717) is 33.9 Å². The molecule has 266 valence electrons. The van der Waals surface area contributed by atoms with Gasteiger partial charge in [0.1, 0.15) is 12.4 Å². The van der Waals surface area contributed by atoms with Crippen molar-refractivity contribution in [3.63, 3.8) is 0 Å². The predicted molar refractivity (Wildman–Crippen MR) is 185 cm³/mol. The largest absolute Gasteiger partial charge is 0.489 e. The van der Waals surface area contributed by atoms with Gasteiger partial charge >= 0.3 is 6.09 Å². The minimum atomic E-state index is -4.10. The number of hydrogen-bond donors (Lipinski definition) is 3. The maximum Gasteiger partial charge on any atom is 0.404 e. The second-order valence-corrected chi connectivity index (χ2v) is 16.3. The molecule has 0 fully saturated rings. The maximum absolute atomic E-state index is 13.7. The first kappa shape index (κ1) is 36.6. The fraction of sp³-hybridized carbons (Fsp3) is 0.306. The Labute approximate surface area is 292 Å². The number of ether oxygens (including phenoxy) is 3. The van der Waals surface area contributed by atoms with Gasteiger partial charge in [-0.2, -0.15) is 4.31 Å². The second-order valence-electron chi connectivity index (χ2n) is 12.3. The summed E-state index contributed by atoms with van der Waals surface area (Å²) in [7, 11) is -7.66. The van der Waals surface area contributed by atoms with E-state index in [9.17, 15) is 31.8 Å². The van der Waals surface area contributed by atoms with E-state index in [4.69, 9.17) is 14.2 Å². The lowest BCUT2D eigenvalue weighted by Crippen LogP contribution is -2.50. The quantitative estimate of drug-likeness (QED) is 0.145. The minimum Gasteiger partial charge on any atom is -0.489 e. The Bertz CT molecular complexity index is 1990. The molecule has 3 N–H and O–H groups in total. The number of amides is 1. The average Bonchev–Trinajstić information content (AvgIpc) is 3.56. The van der Waals surface area contributed by atoms with E-state index in [1.54, 1.807) is 66.7 Å². The fourth-order valence-corrected chi connectivity index (χ4v) is 8.60. The number of rotatable bonds is 16. The number of sulfone groups is 1. The van der Waals surface area contributed by atoms with Gasteiger partial charge in [-0.1, -0.05) is 68.4 Å². The standard InChI is InChI=1S/C36H40N2O10S2/c1-25(2)20-38(50(44,45)31-16-17-34-35(19-31)48-24-47-34)21-33(39)32(37-36(40)41)18-26-12-14-29(15-13-26)46-22-27-8-6-7-9-28(27)23-49(42,43)30-10-4-3-5-11-30/h3-17,19,25,32-33,37,39H,18,20-24H2,1-2H3,(H,40,41)/t32-,33-/m0/s1. The Morgan fingerprint density at radius 1 is 0.840 bits per heavy atom. The van der Waals surface area contributed by atoms with Crippen LogP contribution in [0, 0.1) is 5.92 Å². The molecule has 1 amide bonds. The van der Waals surface area contributed by atoms with Crippen molar-refractivity contribution in [1.29, 1.82) is 0 Å². The normalized spacial score (nSPS) is 14.0. The van der Waals surface area contributed by atoms with E-state index >= 15 is 0 Å². The van der Waals surface area contributed by atoms with Crippen LogP contribution in [0.2, 0.25) is 0 Å². The zero-order chi connectivity index (χ0) is 35.9. The van der Waals surface area contributed by atoms with Crippen molar-refractivity contribution in [2.45, 2.75) is 54.6 Å². The van der Waals surface area contributed by atoms with Crippen molar-refractivity contribution in [1.82, 2.24) is 9.62 Å². The summed E-state index contributed by atoms with van der Waals surface area (Å²) in [6, 6.07) is 25.5. The highest BCUT2D eigenvalue weighted by Gasteiger charge is 2.32. The third-order valence-corrected chi connectivity index (χ3v) is 11.6. The number of hydrogen-bond acceptors (Lipinski definition) is 9. The highest BCUT2D eigenvalue weighted by Crippen LogP contribution is 2.35. The minimum absolute atomic E-state index is 0.0154. The van der Waals surface area contributed by atoms with Crippen LogP contribution in [-0.4, -0.2) is 69.5 Å². The van der Waals surface area contributed by atoms with Crippen molar-refractivity contribution < 1.29 is 46.1 Å². The molecule has 1 heterocycles. The molecule has 0 spiro atoms. The van der Waals surface area contributed by atoms with Crippen LogP contribution in [0.3, 0.4) is 0 Å². The summed E-state index contributed by atoms with van der Waals surface area (Å²) in [4.78, 5) is 11.9. The van der Waals surface area contributed by atoms with Gasteiger partial charge < -0.3 is 29.7 Å². The maximum atomic E-state index is 13.7. The lowest BCUT2D eigenvalue weighted by Gasteiger charge is -2.30. The highest BCUT2D eigenvalue weighted by atomic mass is 32.2. The molecule has 14 heteroatoms. The van der Waals surface area contributed by atoms with Crippen molar-refractivity contribution in [2.75, 3.05) is 19.9 Å².